The summed E-state index contributed by atoms with van der Waals surface area (Å²) in [6.07, 6.45) is 6.04. The molecule has 1 aliphatic rings. The SMILES string of the molecule is CCc1nc2c(s1)C(N(C)C(=O)Cn1cc3ccccc3n1)CCC2. The lowest BCUT2D eigenvalue weighted by Gasteiger charge is -2.30. The van der Waals surface area contributed by atoms with Gasteiger partial charge in [-0.25, -0.2) is 4.98 Å². The summed E-state index contributed by atoms with van der Waals surface area (Å²) >= 11 is 1.77. The molecule has 5 nitrogen and oxygen atoms in total. The minimum absolute atomic E-state index is 0.0945. The summed E-state index contributed by atoms with van der Waals surface area (Å²) in [6.45, 7) is 2.41. The molecule has 0 N–H and O–H groups in total. The highest BCUT2D eigenvalue weighted by Gasteiger charge is 2.29. The van der Waals surface area contributed by atoms with Crippen LogP contribution in [0.1, 0.15) is 41.4 Å². The molecule has 0 radical (unpaired) electrons. The maximum atomic E-state index is 12.8. The van der Waals surface area contributed by atoms with Gasteiger partial charge in [0.25, 0.3) is 0 Å². The van der Waals surface area contributed by atoms with E-state index in [1.54, 1.807) is 16.0 Å². The zero-order valence-electron chi connectivity index (χ0n) is 14.6. The Balaban J connectivity index is 1.53. The van der Waals surface area contributed by atoms with Gasteiger partial charge in [0.2, 0.25) is 5.91 Å². The molecule has 6 heteroatoms. The van der Waals surface area contributed by atoms with Crippen LogP contribution in [0, 0.1) is 0 Å². The van der Waals surface area contributed by atoms with Crippen molar-refractivity contribution in [3.8, 4) is 0 Å². The van der Waals surface area contributed by atoms with E-state index in [-0.39, 0.29) is 18.5 Å². The molecule has 2 aromatic heterocycles. The average Bonchev–Trinajstić information content (AvgIpc) is 3.23. The first-order chi connectivity index (χ1) is 12.2. The van der Waals surface area contributed by atoms with Crippen LogP contribution in [0.15, 0.2) is 30.5 Å². The van der Waals surface area contributed by atoms with Crippen LogP contribution in [-0.2, 0) is 24.2 Å². The number of amides is 1. The maximum absolute atomic E-state index is 12.8. The second-order valence-corrected chi connectivity index (χ2v) is 7.69. The van der Waals surface area contributed by atoms with Crippen LogP contribution in [0.2, 0.25) is 0 Å². The van der Waals surface area contributed by atoms with E-state index in [2.05, 4.69) is 12.0 Å². The topological polar surface area (TPSA) is 51.0 Å². The smallest absolute Gasteiger partial charge is 0.244 e. The molecular formula is C19H22N4OS. The van der Waals surface area contributed by atoms with Gasteiger partial charge in [-0.2, -0.15) is 5.10 Å². The standard InChI is InChI=1S/C19H22N4OS/c1-3-17-20-15-9-6-10-16(19(15)25-17)22(2)18(24)12-23-11-13-7-4-5-8-14(13)21-23/h4-5,7-8,11,16H,3,6,9-10,12H2,1-2H3. The number of hydrogen-bond acceptors (Lipinski definition) is 4. The van der Waals surface area contributed by atoms with Crippen LogP contribution < -0.4 is 0 Å². The van der Waals surface area contributed by atoms with Crippen molar-refractivity contribution in [1.29, 1.82) is 0 Å². The molecule has 4 rings (SSSR count). The predicted octanol–water partition coefficient (Wildman–Crippen LogP) is 3.59. The minimum Gasteiger partial charge on any atom is -0.336 e. The summed E-state index contributed by atoms with van der Waals surface area (Å²) in [5, 5.41) is 6.74. The lowest BCUT2D eigenvalue weighted by molar-refractivity contribution is -0.133. The summed E-state index contributed by atoms with van der Waals surface area (Å²) in [4.78, 5) is 20.7. The molecule has 0 bridgehead atoms. The van der Waals surface area contributed by atoms with Crippen LogP contribution in [0.4, 0.5) is 0 Å². The second kappa shape index (κ2) is 6.59. The quantitative estimate of drug-likeness (QED) is 0.719. The van der Waals surface area contributed by atoms with Crippen molar-refractivity contribution in [2.75, 3.05) is 7.05 Å². The molecule has 0 aliphatic heterocycles. The fourth-order valence-electron chi connectivity index (χ4n) is 3.49. The molecule has 2 heterocycles. The van der Waals surface area contributed by atoms with Gasteiger partial charge in [-0.3, -0.25) is 9.48 Å². The average molecular weight is 354 g/mol. The normalized spacial score (nSPS) is 16.8. The first kappa shape index (κ1) is 16.3. The van der Waals surface area contributed by atoms with Gasteiger partial charge in [0.05, 0.1) is 27.1 Å². The highest BCUT2D eigenvalue weighted by molar-refractivity contribution is 7.11. The van der Waals surface area contributed by atoms with E-state index in [0.717, 1.165) is 36.6 Å². The van der Waals surface area contributed by atoms with E-state index >= 15 is 0 Å². The molecule has 0 saturated heterocycles. The van der Waals surface area contributed by atoms with Gasteiger partial charge < -0.3 is 4.90 Å². The Kier molecular flexibility index (Phi) is 4.29. The molecule has 1 unspecified atom stereocenters. The van der Waals surface area contributed by atoms with E-state index in [1.165, 1.54) is 15.6 Å². The predicted molar refractivity (Wildman–Crippen MR) is 99.7 cm³/mol. The van der Waals surface area contributed by atoms with Crippen molar-refractivity contribution in [3.05, 3.63) is 46.0 Å². The Hall–Kier alpha value is -2.21. The Morgan fingerprint density at radius 1 is 1.40 bits per heavy atom. The first-order valence-corrected chi connectivity index (χ1v) is 9.63. The number of benzene rings is 1. The molecule has 1 aromatic carbocycles. The lowest BCUT2D eigenvalue weighted by Crippen LogP contribution is -2.35. The molecule has 130 valence electrons. The summed E-state index contributed by atoms with van der Waals surface area (Å²) in [5.41, 5.74) is 2.12. The van der Waals surface area contributed by atoms with Crippen molar-refractivity contribution in [2.24, 2.45) is 0 Å². The van der Waals surface area contributed by atoms with E-state index in [4.69, 9.17) is 4.98 Å². The summed E-state index contributed by atoms with van der Waals surface area (Å²) in [7, 11) is 1.91. The Morgan fingerprint density at radius 3 is 3.04 bits per heavy atom. The molecule has 0 fully saturated rings. The van der Waals surface area contributed by atoms with Crippen molar-refractivity contribution in [1.82, 2.24) is 19.7 Å². The van der Waals surface area contributed by atoms with Crippen molar-refractivity contribution in [2.45, 2.75) is 45.2 Å². The number of carbonyl (C=O) groups excluding carboxylic acids is 1. The first-order valence-electron chi connectivity index (χ1n) is 8.82. The van der Waals surface area contributed by atoms with Crippen LogP contribution in [0.25, 0.3) is 10.9 Å². The van der Waals surface area contributed by atoms with Crippen LogP contribution in [0.5, 0.6) is 0 Å². The molecule has 25 heavy (non-hydrogen) atoms. The number of aryl methyl sites for hydroxylation is 2. The van der Waals surface area contributed by atoms with Gasteiger partial charge in [-0.15, -0.1) is 11.3 Å². The molecule has 1 aliphatic carbocycles. The largest absolute Gasteiger partial charge is 0.336 e. The zero-order valence-corrected chi connectivity index (χ0v) is 15.4. The summed E-state index contributed by atoms with van der Waals surface area (Å²) < 4.78 is 1.75. The summed E-state index contributed by atoms with van der Waals surface area (Å²) in [5.74, 6) is 0.0945. The van der Waals surface area contributed by atoms with Crippen LogP contribution in [-0.4, -0.2) is 32.6 Å². The molecule has 1 atom stereocenters. The van der Waals surface area contributed by atoms with Gasteiger partial charge >= 0.3 is 0 Å². The van der Waals surface area contributed by atoms with Crippen LogP contribution in [0.3, 0.4) is 0 Å². The number of thiazole rings is 1. The third-order valence-electron chi connectivity index (χ3n) is 4.89. The van der Waals surface area contributed by atoms with E-state index < -0.39 is 0 Å². The number of rotatable bonds is 4. The van der Waals surface area contributed by atoms with Crippen molar-refractivity contribution >= 4 is 28.1 Å². The third-order valence-corrected chi connectivity index (χ3v) is 6.23. The highest BCUT2D eigenvalue weighted by Crippen LogP contribution is 2.37. The minimum atomic E-state index is 0.0945. The van der Waals surface area contributed by atoms with E-state index in [1.807, 2.05) is 42.4 Å². The zero-order chi connectivity index (χ0) is 17.4. The molecule has 1 amide bonds. The lowest BCUT2D eigenvalue weighted by atomic mass is 9.97. The number of fused-ring (bicyclic) bond motifs is 2. The second-order valence-electron chi connectivity index (χ2n) is 6.57. The van der Waals surface area contributed by atoms with E-state index in [9.17, 15) is 4.79 Å². The third kappa shape index (κ3) is 3.06. The number of nitrogens with zero attached hydrogens (tertiary/aromatic N) is 4. The fourth-order valence-corrected chi connectivity index (χ4v) is 4.72. The molecular weight excluding hydrogens is 332 g/mol. The van der Waals surface area contributed by atoms with Gasteiger partial charge in [0.15, 0.2) is 0 Å². The number of hydrogen-bond donors (Lipinski definition) is 0. The van der Waals surface area contributed by atoms with Gasteiger partial charge in [-0.05, 0) is 31.7 Å². The number of aromatic nitrogens is 3. The fraction of sp³-hybridized carbons (Fsp3) is 0.421. The Labute approximate surface area is 151 Å². The number of carbonyl (C=O) groups is 1. The Morgan fingerprint density at radius 2 is 2.24 bits per heavy atom. The number of likely N-dealkylation sites (N-methyl/N-ethyl adjacent to an activating group) is 1. The van der Waals surface area contributed by atoms with Gasteiger partial charge in [0.1, 0.15) is 6.54 Å². The highest BCUT2D eigenvalue weighted by atomic mass is 32.1. The van der Waals surface area contributed by atoms with Crippen molar-refractivity contribution < 1.29 is 4.79 Å². The molecule has 0 spiro atoms. The molecule has 3 aromatic rings. The molecule has 0 saturated carbocycles. The maximum Gasteiger partial charge on any atom is 0.244 e. The van der Waals surface area contributed by atoms with Gasteiger partial charge in [0, 0.05) is 18.6 Å². The van der Waals surface area contributed by atoms with E-state index in [0.29, 0.717) is 0 Å². The summed E-state index contributed by atoms with van der Waals surface area (Å²) in [6, 6.07) is 8.09. The Bertz CT molecular complexity index is 880. The van der Waals surface area contributed by atoms with Crippen molar-refractivity contribution in [3.63, 3.8) is 0 Å². The monoisotopic (exact) mass is 354 g/mol. The van der Waals surface area contributed by atoms with Gasteiger partial charge in [-0.1, -0.05) is 25.1 Å². The van der Waals surface area contributed by atoms with Crippen LogP contribution >= 0.6 is 11.3 Å².